The Morgan fingerprint density at radius 3 is 2.89 bits per heavy atom. The normalized spacial score (nSPS) is 13.0. The molecule has 19 heavy (non-hydrogen) atoms. The van der Waals surface area contributed by atoms with E-state index in [1.165, 1.54) is 11.9 Å². The molecule has 7 nitrogen and oxygen atoms in total. The maximum atomic E-state index is 11.3. The monoisotopic (exact) mass is 263 g/mol. The van der Waals surface area contributed by atoms with Crippen LogP contribution in [0.4, 0.5) is 5.69 Å². The number of benzene rings is 1. The molecule has 100 valence electrons. The third-order valence-electron chi connectivity index (χ3n) is 2.65. The Bertz CT molecular complexity index is 556. The van der Waals surface area contributed by atoms with Gasteiger partial charge in [0.05, 0.1) is 5.69 Å². The zero-order chi connectivity index (χ0) is 14.0. The van der Waals surface area contributed by atoms with Gasteiger partial charge in [0.15, 0.2) is 6.61 Å². The zero-order valence-corrected chi connectivity index (χ0v) is 10.3. The predicted octanol–water partition coefficient (Wildman–Crippen LogP) is -0.539. The Hall–Kier alpha value is -2.57. The third-order valence-corrected chi connectivity index (χ3v) is 2.65. The highest BCUT2D eigenvalue weighted by Gasteiger charge is 2.18. The van der Waals surface area contributed by atoms with E-state index in [1.54, 1.807) is 18.2 Å². The van der Waals surface area contributed by atoms with Gasteiger partial charge in [-0.05, 0) is 17.7 Å². The maximum Gasteiger partial charge on any atom is 0.311 e. The van der Waals surface area contributed by atoms with E-state index in [1.807, 2.05) is 0 Å². The molecule has 0 atom stereocenters. The van der Waals surface area contributed by atoms with Gasteiger partial charge in [-0.25, -0.2) is 0 Å². The molecule has 0 fully saturated rings. The van der Waals surface area contributed by atoms with E-state index in [2.05, 4.69) is 5.32 Å². The molecule has 0 radical (unpaired) electrons. The third kappa shape index (κ3) is 2.82. The van der Waals surface area contributed by atoms with Gasteiger partial charge in [0.1, 0.15) is 5.75 Å². The lowest BCUT2D eigenvalue weighted by Crippen LogP contribution is -2.37. The number of likely N-dealkylation sites (N-methyl/N-ethyl adjacent to an activating group) is 1. The summed E-state index contributed by atoms with van der Waals surface area (Å²) < 4.78 is 5.21. The van der Waals surface area contributed by atoms with Crippen molar-refractivity contribution < 1.29 is 19.1 Å². The highest BCUT2D eigenvalue weighted by atomic mass is 16.5. The Balaban J connectivity index is 2.14. The Morgan fingerprint density at radius 2 is 2.21 bits per heavy atom. The first kappa shape index (κ1) is 12.9. The first-order chi connectivity index (χ1) is 8.97. The molecule has 0 saturated carbocycles. The van der Waals surface area contributed by atoms with Gasteiger partial charge in [0.25, 0.3) is 5.91 Å². The molecule has 1 heterocycles. The molecular weight excluding hydrogens is 250 g/mol. The molecule has 0 unspecified atom stereocenters. The van der Waals surface area contributed by atoms with Crippen LogP contribution >= 0.6 is 0 Å². The first-order valence-electron chi connectivity index (χ1n) is 5.58. The summed E-state index contributed by atoms with van der Waals surface area (Å²) >= 11 is 0. The Labute approximate surface area is 109 Å². The Kier molecular flexibility index (Phi) is 3.37. The number of fused-ring (bicyclic) bond motifs is 1. The van der Waals surface area contributed by atoms with Crippen molar-refractivity contribution in [3.05, 3.63) is 23.8 Å². The van der Waals surface area contributed by atoms with Gasteiger partial charge in [0.2, 0.25) is 0 Å². The highest BCUT2D eigenvalue weighted by Crippen LogP contribution is 2.28. The number of carbonyl (C=O) groups is 3. The number of primary amides is 1. The second kappa shape index (κ2) is 4.97. The zero-order valence-electron chi connectivity index (χ0n) is 10.3. The molecule has 0 aromatic heterocycles. The second-order valence-corrected chi connectivity index (χ2v) is 4.19. The number of ether oxygens (including phenoxy) is 1. The predicted molar refractivity (Wildman–Crippen MR) is 66.2 cm³/mol. The number of hydrogen-bond acceptors (Lipinski definition) is 4. The van der Waals surface area contributed by atoms with E-state index in [0.717, 1.165) is 5.56 Å². The lowest BCUT2D eigenvalue weighted by molar-refractivity contribution is -0.143. The number of nitrogens with zero attached hydrogens (tertiary/aromatic N) is 1. The summed E-state index contributed by atoms with van der Waals surface area (Å²) in [4.78, 5) is 34.5. The van der Waals surface area contributed by atoms with E-state index in [0.29, 0.717) is 11.4 Å². The van der Waals surface area contributed by atoms with Crippen molar-refractivity contribution in [1.29, 1.82) is 0 Å². The molecule has 3 amide bonds. The molecule has 0 bridgehead atoms. The van der Waals surface area contributed by atoms with Crippen LogP contribution < -0.4 is 15.8 Å². The van der Waals surface area contributed by atoms with Gasteiger partial charge >= 0.3 is 11.8 Å². The molecule has 1 aliphatic heterocycles. The summed E-state index contributed by atoms with van der Waals surface area (Å²) in [7, 11) is 1.47. The van der Waals surface area contributed by atoms with Gasteiger partial charge in [0, 0.05) is 13.6 Å². The van der Waals surface area contributed by atoms with Crippen LogP contribution in [-0.2, 0) is 20.9 Å². The number of anilines is 1. The van der Waals surface area contributed by atoms with Crippen LogP contribution in [0.3, 0.4) is 0 Å². The summed E-state index contributed by atoms with van der Waals surface area (Å²) in [5.41, 5.74) is 6.21. The van der Waals surface area contributed by atoms with E-state index in [4.69, 9.17) is 10.5 Å². The molecule has 3 N–H and O–H groups in total. The van der Waals surface area contributed by atoms with Crippen molar-refractivity contribution in [3.63, 3.8) is 0 Å². The minimum atomic E-state index is -1.00. The van der Waals surface area contributed by atoms with Crippen LogP contribution in [0.2, 0.25) is 0 Å². The minimum absolute atomic E-state index is 0.00753. The van der Waals surface area contributed by atoms with Crippen molar-refractivity contribution in [2.75, 3.05) is 19.0 Å². The molecule has 7 heteroatoms. The van der Waals surface area contributed by atoms with Crippen molar-refractivity contribution >= 4 is 23.4 Å². The molecule has 0 saturated heterocycles. The van der Waals surface area contributed by atoms with E-state index in [-0.39, 0.29) is 19.1 Å². The molecule has 1 aromatic rings. The summed E-state index contributed by atoms with van der Waals surface area (Å²) in [5, 5.41) is 2.67. The van der Waals surface area contributed by atoms with Crippen molar-refractivity contribution in [1.82, 2.24) is 4.90 Å². The lowest BCUT2D eigenvalue weighted by atomic mass is 10.1. The highest BCUT2D eigenvalue weighted by molar-refractivity contribution is 6.34. The van der Waals surface area contributed by atoms with Crippen molar-refractivity contribution in [2.45, 2.75) is 6.54 Å². The topological polar surface area (TPSA) is 102 Å². The smallest absolute Gasteiger partial charge is 0.311 e. The van der Waals surface area contributed by atoms with Gasteiger partial charge in [-0.15, -0.1) is 0 Å². The fourth-order valence-corrected chi connectivity index (χ4v) is 1.76. The second-order valence-electron chi connectivity index (χ2n) is 4.19. The summed E-state index contributed by atoms with van der Waals surface area (Å²) in [6.07, 6.45) is 0. The quantitative estimate of drug-likeness (QED) is 0.700. The molecule has 0 aliphatic carbocycles. The lowest BCUT2D eigenvalue weighted by Gasteiger charge is -2.20. The maximum absolute atomic E-state index is 11.3. The average Bonchev–Trinajstić information content (AvgIpc) is 2.37. The SMILES string of the molecule is CN(Cc1ccc2c(c1)NC(=O)CO2)C(=O)C(N)=O. The fraction of sp³-hybridized carbons (Fsp3) is 0.250. The van der Waals surface area contributed by atoms with Gasteiger partial charge < -0.3 is 20.7 Å². The summed E-state index contributed by atoms with van der Waals surface area (Å²) in [5.74, 6) is -1.42. The Morgan fingerprint density at radius 1 is 1.47 bits per heavy atom. The average molecular weight is 263 g/mol. The van der Waals surface area contributed by atoms with Crippen LogP contribution in [0.5, 0.6) is 5.75 Å². The van der Waals surface area contributed by atoms with E-state index < -0.39 is 11.8 Å². The van der Waals surface area contributed by atoms with Crippen LogP contribution in [0.15, 0.2) is 18.2 Å². The molecule has 0 spiro atoms. The number of nitrogens with one attached hydrogen (secondary N) is 1. The van der Waals surface area contributed by atoms with Crippen LogP contribution in [0.1, 0.15) is 5.56 Å². The molecule has 2 rings (SSSR count). The largest absolute Gasteiger partial charge is 0.482 e. The van der Waals surface area contributed by atoms with Crippen molar-refractivity contribution in [3.8, 4) is 5.75 Å². The molecule has 1 aliphatic rings. The number of nitrogens with two attached hydrogens (primary N) is 1. The first-order valence-corrected chi connectivity index (χ1v) is 5.58. The number of rotatable bonds is 2. The standard InChI is InChI=1S/C12H13N3O4/c1-15(12(18)11(13)17)5-7-2-3-9-8(4-7)14-10(16)6-19-9/h2-4H,5-6H2,1H3,(H2,13,17)(H,14,16). The van der Waals surface area contributed by atoms with E-state index in [9.17, 15) is 14.4 Å². The molecular formula is C12H13N3O4. The number of hydrogen-bond donors (Lipinski definition) is 2. The van der Waals surface area contributed by atoms with Gasteiger partial charge in [-0.2, -0.15) is 0 Å². The minimum Gasteiger partial charge on any atom is -0.482 e. The van der Waals surface area contributed by atoms with E-state index >= 15 is 0 Å². The number of amides is 3. The van der Waals surface area contributed by atoms with Crippen LogP contribution in [0, 0.1) is 0 Å². The summed E-state index contributed by atoms with van der Waals surface area (Å²) in [6, 6.07) is 5.14. The number of carbonyl (C=O) groups excluding carboxylic acids is 3. The molecule has 1 aromatic carbocycles. The van der Waals surface area contributed by atoms with Gasteiger partial charge in [-0.1, -0.05) is 6.07 Å². The fourth-order valence-electron chi connectivity index (χ4n) is 1.76. The van der Waals surface area contributed by atoms with Crippen molar-refractivity contribution in [2.24, 2.45) is 5.73 Å². The van der Waals surface area contributed by atoms with Crippen LogP contribution in [-0.4, -0.2) is 36.3 Å². The van der Waals surface area contributed by atoms with Gasteiger partial charge in [-0.3, -0.25) is 14.4 Å². The van der Waals surface area contributed by atoms with Crippen LogP contribution in [0.25, 0.3) is 0 Å². The summed E-state index contributed by atoms with van der Waals surface area (Å²) in [6.45, 7) is 0.206.